The highest BCUT2D eigenvalue weighted by Crippen LogP contribution is 2.23. The molecule has 1 saturated carbocycles. The average Bonchev–Trinajstić information content (AvgIpc) is 2.29. The lowest BCUT2D eigenvalue weighted by molar-refractivity contribution is -0.0141. The van der Waals surface area contributed by atoms with Crippen molar-refractivity contribution in [2.45, 2.75) is 51.0 Å². The molecule has 0 spiro atoms. The Morgan fingerprint density at radius 1 is 1.14 bits per heavy atom. The summed E-state index contributed by atoms with van der Waals surface area (Å²) < 4.78 is 11.1. The Hall–Kier alpha value is -0.500. The van der Waals surface area contributed by atoms with Crippen molar-refractivity contribution in [2.24, 2.45) is 0 Å². The largest absolute Gasteiger partial charge is 0.496 e. The molecule has 1 unspecified atom stereocenters. The molecule has 1 saturated heterocycles. The SMILES string of the molecule is C(OC1CCCOC1)=C1CCCCC1. The van der Waals surface area contributed by atoms with Crippen molar-refractivity contribution in [1.82, 2.24) is 0 Å². The predicted molar refractivity (Wildman–Crippen MR) is 56.1 cm³/mol. The van der Waals surface area contributed by atoms with Gasteiger partial charge in [-0.05, 0) is 44.1 Å². The fourth-order valence-electron chi connectivity index (χ4n) is 2.13. The van der Waals surface area contributed by atoms with Gasteiger partial charge in [-0.25, -0.2) is 0 Å². The summed E-state index contributed by atoms with van der Waals surface area (Å²) in [6.45, 7) is 1.69. The van der Waals surface area contributed by atoms with Crippen molar-refractivity contribution < 1.29 is 9.47 Å². The van der Waals surface area contributed by atoms with E-state index >= 15 is 0 Å². The van der Waals surface area contributed by atoms with Gasteiger partial charge in [-0.15, -0.1) is 0 Å². The normalized spacial score (nSPS) is 28.6. The van der Waals surface area contributed by atoms with E-state index in [1.54, 1.807) is 0 Å². The van der Waals surface area contributed by atoms with E-state index in [1.807, 2.05) is 6.26 Å². The number of allylic oxidation sites excluding steroid dienone is 1. The fourth-order valence-corrected chi connectivity index (χ4v) is 2.13. The van der Waals surface area contributed by atoms with Crippen molar-refractivity contribution in [3.05, 3.63) is 11.8 Å². The Labute approximate surface area is 86.3 Å². The topological polar surface area (TPSA) is 18.5 Å². The summed E-state index contributed by atoms with van der Waals surface area (Å²) in [4.78, 5) is 0. The summed E-state index contributed by atoms with van der Waals surface area (Å²) in [5.41, 5.74) is 1.50. The second-order valence-corrected chi connectivity index (χ2v) is 4.31. The van der Waals surface area contributed by atoms with Crippen LogP contribution in [0.25, 0.3) is 0 Å². The first-order valence-corrected chi connectivity index (χ1v) is 5.86. The molecule has 0 bridgehead atoms. The summed E-state index contributed by atoms with van der Waals surface area (Å²) in [5, 5.41) is 0. The third-order valence-corrected chi connectivity index (χ3v) is 3.04. The minimum absolute atomic E-state index is 0.318. The molecule has 2 aliphatic rings. The minimum atomic E-state index is 0.318. The van der Waals surface area contributed by atoms with Gasteiger partial charge in [0.05, 0.1) is 12.9 Å². The van der Waals surface area contributed by atoms with E-state index in [0.717, 1.165) is 26.1 Å². The molecule has 0 aromatic heterocycles. The van der Waals surface area contributed by atoms with Gasteiger partial charge in [0.1, 0.15) is 6.10 Å². The zero-order chi connectivity index (χ0) is 9.64. The lowest BCUT2D eigenvalue weighted by Crippen LogP contribution is -2.23. The number of hydrogen-bond donors (Lipinski definition) is 0. The molecule has 0 amide bonds. The second-order valence-electron chi connectivity index (χ2n) is 4.31. The molecular weight excluding hydrogens is 176 g/mol. The van der Waals surface area contributed by atoms with Crippen LogP contribution < -0.4 is 0 Å². The van der Waals surface area contributed by atoms with Gasteiger partial charge >= 0.3 is 0 Å². The smallest absolute Gasteiger partial charge is 0.121 e. The quantitative estimate of drug-likeness (QED) is 0.632. The Bertz CT molecular complexity index is 184. The van der Waals surface area contributed by atoms with Gasteiger partial charge in [-0.3, -0.25) is 0 Å². The molecule has 2 rings (SSSR count). The first kappa shape index (κ1) is 10.0. The van der Waals surface area contributed by atoms with Gasteiger partial charge < -0.3 is 9.47 Å². The summed E-state index contributed by atoms with van der Waals surface area (Å²) in [5.74, 6) is 0. The van der Waals surface area contributed by atoms with Crippen LogP contribution in [0.3, 0.4) is 0 Å². The third-order valence-electron chi connectivity index (χ3n) is 3.04. The predicted octanol–water partition coefficient (Wildman–Crippen LogP) is 3.03. The van der Waals surface area contributed by atoms with E-state index in [1.165, 1.54) is 37.7 Å². The molecule has 0 aromatic carbocycles. The highest BCUT2D eigenvalue weighted by molar-refractivity contribution is 5.00. The maximum absolute atomic E-state index is 5.74. The van der Waals surface area contributed by atoms with Gasteiger partial charge in [0.2, 0.25) is 0 Å². The first-order valence-electron chi connectivity index (χ1n) is 5.86. The van der Waals surface area contributed by atoms with Gasteiger partial charge in [-0.2, -0.15) is 0 Å². The van der Waals surface area contributed by atoms with E-state index in [-0.39, 0.29) is 0 Å². The van der Waals surface area contributed by atoms with E-state index < -0.39 is 0 Å². The summed E-state index contributed by atoms with van der Waals surface area (Å²) in [6.07, 6.45) is 11.2. The van der Waals surface area contributed by atoms with E-state index in [9.17, 15) is 0 Å². The summed E-state index contributed by atoms with van der Waals surface area (Å²) in [6, 6.07) is 0. The third kappa shape index (κ3) is 3.02. The van der Waals surface area contributed by atoms with Crippen LogP contribution >= 0.6 is 0 Å². The summed E-state index contributed by atoms with van der Waals surface area (Å²) in [7, 11) is 0. The van der Waals surface area contributed by atoms with Crippen LogP contribution in [0.15, 0.2) is 11.8 Å². The number of rotatable bonds is 2. The lowest BCUT2D eigenvalue weighted by Gasteiger charge is -2.22. The van der Waals surface area contributed by atoms with E-state index in [4.69, 9.17) is 9.47 Å². The lowest BCUT2D eigenvalue weighted by atomic mass is 9.96. The Kier molecular flexibility index (Phi) is 3.87. The zero-order valence-electron chi connectivity index (χ0n) is 8.84. The molecule has 0 N–H and O–H groups in total. The van der Waals surface area contributed by atoms with Crippen LogP contribution in [-0.2, 0) is 9.47 Å². The monoisotopic (exact) mass is 196 g/mol. The van der Waals surface area contributed by atoms with Crippen molar-refractivity contribution >= 4 is 0 Å². The van der Waals surface area contributed by atoms with Crippen molar-refractivity contribution in [3.8, 4) is 0 Å². The molecule has 0 aromatic rings. The van der Waals surface area contributed by atoms with E-state index in [2.05, 4.69) is 0 Å². The van der Waals surface area contributed by atoms with Crippen LogP contribution in [0.1, 0.15) is 44.9 Å². The summed E-state index contributed by atoms with van der Waals surface area (Å²) >= 11 is 0. The number of hydrogen-bond acceptors (Lipinski definition) is 2. The molecule has 2 fully saturated rings. The molecule has 14 heavy (non-hydrogen) atoms. The maximum atomic E-state index is 5.74. The van der Waals surface area contributed by atoms with Crippen LogP contribution in [-0.4, -0.2) is 19.3 Å². The molecule has 1 aliphatic heterocycles. The molecule has 1 heterocycles. The highest BCUT2D eigenvalue weighted by atomic mass is 16.5. The van der Waals surface area contributed by atoms with Crippen LogP contribution in [0.4, 0.5) is 0 Å². The molecule has 0 radical (unpaired) electrons. The van der Waals surface area contributed by atoms with Gasteiger partial charge in [0.15, 0.2) is 0 Å². The molecule has 1 aliphatic carbocycles. The van der Waals surface area contributed by atoms with Crippen LogP contribution in [0, 0.1) is 0 Å². The first-order chi connectivity index (χ1) is 6.95. The Morgan fingerprint density at radius 3 is 2.71 bits per heavy atom. The Morgan fingerprint density at radius 2 is 2.00 bits per heavy atom. The van der Waals surface area contributed by atoms with E-state index in [0.29, 0.717) is 6.10 Å². The zero-order valence-corrected chi connectivity index (χ0v) is 8.84. The molecule has 1 atom stereocenters. The maximum Gasteiger partial charge on any atom is 0.121 e. The standard InChI is InChI=1S/C12H20O2/c1-2-5-11(6-3-1)9-14-12-7-4-8-13-10-12/h9,12H,1-8,10H2. The van der Waals surface area contributed by atoms with Crippen molar-refractivity contribution in [1.29, 1.82) is 0 Å². The molecule has 80 valence electrons. The van der Waals surface area contributed by atoms with Crippen molar-refractivity contribution in [2.75, 3.05) is 13.2 Å². The average molecular weight is 196 g/mol. The fraction of sp³-hybridized carbons (Fsp3) is 0.833. The second kappa shape index (κ2) is 5.40. The number of ether oxygens (including phenoxy) is 2. The molecular formula is C12H20O2. The van der Waals surface area contributed by atoms with Crippen LogP contribution in [0.2, 0.25) is 0 Å². The molecule has 2 heteroatoms. The van der Waals surface area contributed by atoms with Gasteiger partial charge in [-0.1, -0.05) is 6.42 Å². The van der Waals surface area contributed by atoms with Crippen LogP contribution in [0.5, 0.6) is 0 Å². The Balaban J connectivity index is 1.73. The molecule has 2 nitrogen and oxygen atoms in total. The minimum Gasteiger partial charge on any atom is -0.496 e. The highest BCUT2D eigenvalue weighted by Gasteiger charge is 2.14. The van der Waals surface area contributed by atoms with Crippen molar-refractivity contribution in [3.63, 3.8) is 0 Å². The van der Waals surface area contributed by atoms with Gasteiger partial charge in [0.25, 0.3) is 0 Å². The van der Waals surface area contributed by atoms with Gasteiger partial charge in [0, 0.05) is 6.61 Å².